The quantitative estimate of drug-likeness (QED) is 0.287. The van der Waals surface area contributed by atoms with Gasteiger partial charge in [0.25, 0.3) is 0 Å². The average molecular weight is 111 g/mol. The van der Waals surface area contributed by atoms with E-state index >= 15 is 0 Å². The van der Waals surface area contributed by atoms with E-state index in [0.29, 0.717) is 0 Å². The topological polar surface area (TPSA) is 32.6 Å². The van der Waals surface area contributed by atoms with E-state index < -0.39 is 0 Å². The van der Waals surface area contributed by atoms with Crippen molar-refractivity contribution in [2.75, 3.05) is 0 Å². The zero-order valence-electron chi connectivity index (χ0n) is 4.67. The van der Waals surface area contributed by atoms with E-state index in [1.807, 2.05) is 6.08 Å². The zero-order valence-corrected chi connectivity index (χ0v) is 4.67. The number of hydrogen-bond acceptors (Lipinski definition) is 2. The molecule has 0 saturated carbocycles. The lowest BCUT2D eigenvalue weighted by Crippen LogP contribution is -1.98. The lowest BCUT2D eigenvalue weighted by Gasteiger charge is -2.02. The first-order valence-electron chi connectivity index (χ1n) is 2.78. The number of hydrogen-bond donors (Lipinski definition) is 1. The largest absolute Gasteiger partial charge is 0.411 e. The maximum absolute atomic E-state index is 8.25. The Balaban J connectivity index is 2.50. The van der Waals surface area contributed by atoms with E-state index in [-0.39, 0.29) is 0 Å². The molecule has 0 aliphatic heterocycles. The van der Waals surface area contributed by atoms with Crippen LogP contribution in [0.25, 0.3) is 0 Å². The van der Waals surface area contributed by atoms with E-state index in [9.17, 15) is 0 Å². The Kier molecular flexibility index (Phi) is 1.67. The molecule has 0 atom stereocenters. The van der Waals surface area contributed by atoms with Crippen LogP contribution in [0, 0.1) is 0 Å². The van der Waals surface area contributed by atoms with Gasteiger partial charge in [-0.1, -0.05) is 17.3 Å². The molecule has 0 saturated heterocycles. The molecule has 1 rings (SSSR count). The summed E-state index contributed by atoms with van der Waals surface area (Å²) in [4.78, 5) is 0. The van der Waals surface area contributed by atoms with Gasteiger partial charge in [0.1, 0.15) is 0 Å². The molecule has 0 unspecified atom stereocenters. The highest BCUT2D eigenvalue weighted by Crippen LogP contribution is 2.05. The molecule has 2 nitrogen and oxygen atoms in total. The van der Waals surface area contributed by atoms with E-state index in [2.05, 4.69) is 11.2 Å². The van der Waals surface area contributed by atoms with Crippen LogP contribution in [0.2, 0.25) is 0 Å². The summed E-state index contributed by atoms with van der Waals surface area (Å²) in [5.41, 5.74) is 0.896. The molecule has 2 heteroatoms. The number of rotatable bonds is 0. The molecule has 0 fully saturated rings. The van der Waals surface area contributed by atoms with Crippen molar-refractivity contribution in [3.05, 3.63) is 12.2 Å². The third-order valence-corrected chi connectivity index (χ3v) is 1.26. The molecule has 0 heterocycles. The molecule has 0 radical (unpaired) electrons. The molecule has 1 aliphatic rings. The third kappa shape index (κ3) is 1.09. The van der Waals surface area contributed by atoms with Crippen molar-refractivity contribution < 1.29 is 5.21 Å². The maximum Gasteiger partial charge on any atom is 0.0611 e. The van der Waals surface area contributed by atoms with Crippen LogP contribution in [0.5, 0.6) is 0 Å². The second-order valence-corrected chi connectivity index (χ2v) is 1.88. The summed E-state index contributed by atoms with van der Waals surface area (Å²) in [6.07, 6.45) is 6.91. The first-order chi connectivity index (χ1) is 3.93. The number of allylic oxidation sites excluding steroid dienone is 2. The van der Waals surface area contributed by atoms with Crippen molar-refractivity contribution >= 4 is 5.71 Å². The molecule has 0 amide bonds. The first kappa shape index (κ1) is 5.35. The lowest BCUT2D eigenvalue weighted by atomic mass is 10.1. The van der Waals surface area contributed by atoms with Crippen LogP contribution in [0.3, 0.4) is 0 Å². The fraction of sp³-hybridized carbons (Fsp3) is 0.500. The van der Waals surface area contributed by atoms with Gasteiger partial charge in [-0.15, -0.1) is 0 Å². The van der Waals surface area contributed by atoms with Crippen LogP contribution in [-0.4, -0.2) is 10.9 Å². The number of oxime groups is 1. The molecule has 1 aliphatic carbocycles. The van der Waals surface area contributed by atoms with Crippen LogP contribution < -0.4 is 0 Å². The van der Waals surface area contributed by atoms with Gasteiger partial charge < -0.3 is 5.21 Å². The van der Waals surface area contributed by atoms with E-state index in [1.54, 1.807) is 0 Å². The Morgan fingerprint density at radius 1 is 1.50 bits per heavy atom. The molecule has 44 valence electrons. The normalized spacial score (nSPS) is 24.2. The van der Waals surface area contributed by atoms with Crippen LogP contribution in [0.4, 0.5) is 0 Å². The fourth-order valence-electron chi connectivity index (χ4n) is 0.780. The molecule has 1 N–H and O–H groups in total. The summed E-state index contributed by atoms with van der Waals surface area (Å²) in [7, 11) is 0. The van der Waals surface area contributed by atoms with Gasteiger partial charge in [0.05, 0.1) is 5.71 Å². The molecular formula is C6H9NO. The van der Waals surface area contributed by atoms with Gasteiger partial charge in [-0.3, -0.25) is 0 Å². The highest BCUT2D eigenvalue weighted by molar-refractivity contribution is 5.86. The van der Waals surface area contributed by atoms with Gasteiger partial charge in [0.15, 0.2) is 0 Å². The highest BCUT2D eigenvalue weighted by atomic mass is 16.4. The molecule has 8 heavy (non-hydrogen) atoms. The Morgan fingerprint density at radius 3 is 2.75 bits per heavy atom. The van der Waals surface area contributed by atoms with Crippen molar-refractivity contribution in [1.82, 2.24) is 0 Å². The predicted octanol–water partition coefficient (Wildman–Crippen LogP) is 1.56. The van der Waals surface area contributed by atoms with Crippen molar-refractivity contribution in [3.63, 3.8) is 0 Å². The summed E-state index contributed by atoms with van der Waals surface area (Å²) in [6.45, 7) is 0. The zero-order chi connectivity index (χ0) is 5.82. The van der Waals surface area contributed by atoms with Crippen LogP contribution in [0.15, 0.2) is 17.3 Å². The molecule has 0 aromatic rings. The lowest BCUT2D eigenvalue weighted by molar-refractivity contribution is 0.316. The van der Waals surface area contributed by atoms with Gasteiger partial charge in [0, 0.05) is 6.42 Å². The van der Waals surface area contributed by atoms with E-state index in [1.165, 1.54) is 0 Å². The standard InChI is InChI=1S/C6H9NO/c8-7-6-4-2-1-3-5-6/h1-2,8H,3-5H2. The fourth-order valence-corrected chi connectivity index (χ4v) is 0.780. The minimum Gasteiger partial charge on any atom is -0.411 e. The van der Waals surface area contributed by atoms with E-state index in [4.69, 9.17) is 5.21 Å². The summed E-state index contributed by atoms with van der Waals surface area (Å²) in [6, 6.07) is 0. The molecule has 0 bridgehead atoms. The Hall–Kier alpha value is -0.790. The smallest absolute Gasteiger partial charge is 0.0611 e. The monoisotopic (exact) mass is 111 g/mol. The van der Waals surface area contributed by atoms with Crippen LogP contribution in [-0.2, 0) is 0 Å². The molecular weight excluding hydrogens is 102 g/mol. The second kappa shape index (κ2) is 2.50. The first-order valence-corrected chi connectivity index (χ1v) is 2.78. The Labute approximate surface area is 48.5 Å². The Bertz CT molecular complexity index is 126. The summed E-state index contributed by atoms with van der Waals surface area (Å²) in [5.74, 6) is 0. The van der Waals surface area contributed by atoms with Gasteiger partial charge >= 0.3 is 0 Å². The summed E-state index contributed by atoms with van der Waals surface area (Å²) >= 11 is 0. The van der Waals surface area contributed by atoms with Crippen molar-refractivity contribution in [1.29, 1.82) is 0 Å². The second-order valence-electron chi connectivity index (χ2n) is 1.88. The minimum absolute atomic E-state index is 0.830. The van der Waals surface area contributed by atoms with Crippen molar-refractivity contribution in [2.45, 2.75) is 19.3 Å². The average Bonchev–Trinajstić information content (AvgIpc) is 1.90. The summed E-state index contributed by atoms with van der Waals surface area (Å²) in [5, 5.41) is 11.4. The van der Waals surface area contributed by atoms with Gasteiger partial charge in [-0.05, 0) is 12.8 Å². The van der Waals surface area contributed by atoms with Gasteiger partial charge in [-0.2, -0.15) is 0 Å². The van der Waals surface area contributed by atoms with E-state index in [0.717, 1.165) is 25.0 Å². The summed E-state index contributed by atoms with van der Waals surface area (Å²) < 4.78 is 0. The maximum atomic E-state index is 8.25. The van der Waals surface area contributed by atoms with Crippen molar-refractivity contribution in [3.8, 4) is 0 Å². The third-order valence-electron chi connectivity index (χ3n) is 1.26. The van der Waals surface area contributed by atoms with Gasteiger partial charge in [0.2, 0.25) is 0 Å². The SMILES string of the molecule is ON=C1CC=CCC1. The molecule has 0 aromatic heterocycles. The van der Waals surface area contributed by atoms with Gasteiger partial charge in [-0.25, -0.2) is 0 Å². The number of nitrogens with zero attached hydrogens (tertiary/aromatic N) is 1. The van der Waals surface area contributed by atoms with Crippen LogP contribution in [0.1, 0.15) is 19.3 Å². The highest BCUT2D eigenvalue weighted by Gasteiger charge is 1.99. The van der Waals surface area contributed by atoms with Crippen LogP contribution >= 0.6 is 0 Å². The Morgan fingerprint density at radius 2 is 2.38 bits per heavy atom. The molecule has 0 aromatic carbocycles. The predicted molar refractivity (Wildman–Crippen MR) is 32.2 cm³/mol. The minimum atomic E-state index is 0.830. The molecule has 0 spiro atoms. The van der Waals surface area contributed by atoms with Crippen molar-refractivity contribution in [2.24, 2.45) is 5.16 Å².